The highest BCUT2D eigenvalue weighted by Crippen LogP contribution is 2.66. The summed E-state index contributed by atoms with van der Waals surface area (Å²) in [5.74, 6) is 1.50. The minimum atomic E-state index is -0.118. The zero-order valence-electron chi connectivity index (χ0n) is 34.8. The average Bonchev–Trinajstić information content (AvgIpc) is 4.06. The first-order valence-electron chi connectivity index (χ1n) is 22.4. The molecule has 0 radical (unpaired) electrons. The first-order valence-corrected chi connectivity index (χ1v) is 22.4. The monoisotopic (exact) mass is 781 g/mol. The Hall–Kier alpha value is -6.70. The number of hydrogen-bond donors (Lipinski definition) is 0. The Balaban J connectivity index is 1.04. The van der Waals surface area contributed by atoms with Crippen LogP contribution in [0.1, 0.15) is 61.8 Å². The molecule has 3 atom stereocenters. The van der Waals surface area contributed by atoms with Gasteiger partial charge < -0.3 is 4.90 Å². The van der Waals surface area contributed by atoms with Crippen LogP contribution in [0.2, 0.25) is 0 Å². The molecule has 2 bridgehead atoms. The Bertz CT molecular complexity index is 3280. The van der Waals surface area contributed by atoms with Crippen LogP contribution < -0.4 is 4.90 Å². The second-order valence-electron chi connectivity index (χ2n) is 18.8. The largest absolute Gasteiger partial charge is 0.310 e. The second-order valence-corrected chi connectivity index (χ2v) is 18.8. The lowest BCUT2D eigenvalue weighted by Crippen LogP contribution is -2.32. The van der Waals surface area contributed by atoms with Crippen molar-refractivity contribution in [1.29, 1.82) is 0 Å². The maximum absolute atomic E-state index is 2.61. The van der Waals surface area contributed by atoms with Crippen molar-refractivity contribution in [3.8, 4) is 44.5 Å². The molecule has 2 fully saturated rings. The van der Waals surface area contributed by atoms with Gasteiger partial charge in [0.05, 0.1) is 5.69 Å². The number of para-hydroxylation sites is 1. The molecule has 0 aromatic heterocycles. The molecule has 9 aromatic carbocycles. The number of fused-ring (bicyclic) bond motifs is 14. The molecule has 1 nitrogen and oxygen atoms in total. The molecule has 0 N–H and O–H groups in total. The highest BCUT2D eigenvalue weighted by Gasteiger charge is 2.56. The number of rotatable bonds is 5. The first-order chi connectivity index (χ1) is 30.0. The molecule has 0 amide bonds. The van der Waals surface area contributed by atoms with Gasteiger partial charge in [-0.15, -0.1) is 0 Å². The van der Waals surface area contributed by atoms with Crippen LogP contribution in [0.25, 0.3) is 66.1 Å². The average molecular weight is 782 g/mol. The van der Waals surface area contributed by atoms with E-state index in [2.05, 4.69) is 207 Å². The highest BCUT2D eigenvalue weighted by atomic mass is 15.1. The van der Waals surface area contributed by atoms with Crippen molar-refractivity contribution in [3.05, 3.63) is 210 Å². The Labute approximate surface area is 359 Å². The Morgan fingerprint density at radius 1 is 0.443 bits per heavy atom. The molecular formula is C60H47N. The van der Waals surface area contributed by atoms with Gasteiger partial charge in [-0.25, -0.2) is 0 Å². The van der Waals surface area contributed by atoms with Crippen molar-refractivity contribution < 1.29 is 0 Å². The molecule has 4 aliphatic rings. The highest BCUT2D eigenvalue weighted by molar-refractivity contribution is 6.13. The van der Waals surface area contributed by atoms with Gasteiger partial charge in [-0.05, 0) is 144 Å². The zero-order valence-corrected chi connectivity index (χ0v) is 34.8. The van der Waals surface area contributed by atoms with Crippen LogP contribution in [0, 0.1) is 11.8 Å². The van der Waals surface area contributed by atoms with E-state index in [1.54, 1.807) is 5.56 Å². The molecular weight excluding hydrogens is 735 g/mol. The lowest BCUT2D eigenvalue weighted by molar-refractivity contribution is 0.327. The quantitative estimate of drug-likeness (QED) is 0.157. The SMILES string of the molecule is CC1(C)c2ccccc2-c2cccc(-c3cccc(N(c4ccc5c(c4)C4(CC6CCC4C6)c4ccccc4-5)c4ccccc4-c4cccc5c4ccc4ccccc45)c3)c21. The van der Waals surface area contributed by atoms with Gasteiger partial charge in [-0.2, -0.15) is 0 Å². The maximum atomic E-state index is 2.61. The number of hydrogen-bond acceptors (Lipinski definition) is 1. The number of benzene rings is 9. The molecule has 1 heteroatoms. The van der Waals surface area contributed by atoms with Crippen molar-refractivity contribution in [1.82, 2.24) is 0 Å². The fraction of sp³-hybridized carbons (Fsp3) is 0.167. The van der Waals surface area contributed by atoms with E-state index >= 15 is 0 Å². The first kappa shape index (κ1) is 35.1. The minimum absolute atomic E-state index is 0.0831. The predicted octanol–water partition coefficient (Wildman–Crippen LogP) is 16.2. The van der Waals surface area contributed by atoms with Gasteiger partial charge in [-0.3, -0.25) is 0 Å². The lowest BCUT2D eigenvalue weighted by atomic mass is 9.67. The van der Waals surface area contributed by atoms with E-state index in [-0.39, 0.29) is 10.8 Å². The summed E-state index contributed by atoms with van der Waals surface area (Å²) >= 11 is 0. The normalized spacial score (nSPS) is 19.9. The summed E-state index contributed by atoms with van der Waals surface area (Å²) in [5.41, 5.74) is 20.0. The van der Waals surface area contributed by atoms with Gasteiger partial charge in [-0.1, -0.05) is 178 Å². The van der Waals surface area contributed by atoms with Crippen molar-refractivity contribution in [2.24, 2.45) is 11.8 Å². The van der Waals surface area contributed by atoms with Crippen LogP contribution in [0.4, 0.5) is 17.1 Å². The predicted molar refractivity (Wildman–Crippen MR) is 256 cm³/mol. The van der Waals surface area contributed by atoms with Crippen molar-refractivity contribution in [2.45, 2.75) is 50.4 Å². The zero-order chi connectivity index (χ0) is 40.5. The smallest absolute Gasteiger partial charge is 0.0540 e. The molecule has 1 spiro atoms. The molecule has 0 saturated heterocycles. The van der Waals surface area contributed by atoms with Gasteiger partial charge in [0, 0.05) is 27.8 Å². The molecule has 2 saturated carbocycles. The van der Waals surface area contributed by atoms with E-state index < -0.39 is 0 Å². The summed E-state index contributed by atoms with van der Waals surface area (Å²) < 4.78 is 0. The molecule has 0 heterocycles. The summed E-state index contributed by atoms with van der Waals surface area (Å²) in [4.78, 5) is 2.58. The van der Waals surface area contributed by atoms with E-state index in [4.69, 9.17) is 0 Å². The topological polar surface area (TPSA) is 3.24 Å². The lowest BCUT2D eigenvalue weighted by Gasteiger charge is -2.37. The van der Waals surface area contributed by atoms with Crippen molar-refractivity contribution in [2.75, 3.05) is 4.90 Å². The summed E-state index contributed by atoms with van der Waals surface area (Å²) in [7, 11) is 0. The third-order valence-electron chi connectivity index (χ3n) is 15.5. The van der Waals surface area contributed by atoms with Crippen LogP contribution in [-0.2, 0) is 10.8 Å². The van der Waals surface area contributed by atoms with Gasteiger partial charge in [0.2, 0.25) is 0 Å². The third kappa shape index (κ3) is 4.89. The molecule has 292 valence electrons. The molecule has 4 aliphatic carbocycles. The van der Waals surface area contributed by atoms with Gasteiger partial charge in [0.15, 0.2) is 0 Å². The molecule has 13 rings (SSSR count). The van der Waals surface area contributed by atoms with Crippen LogP contribution in [0.5, 0.6) is 0 Å². The van der Waals surface area contributed by atoms with Crippen LogP contribution in [0.15, 0.2) is 188 Å². The molecule has 0 aliphatic heterocycles. The molecule has 9 aromatic rings. The molecule has 61 heavy (non-hydrogen) atoms. The van der Waals surface area contributed by atoms with E-state index in [9.17, 15) is 0 Å². The van der Waals surface area contributed by atoms with Crippen LogP contribution >= 0.6 is 0 Å². The van der Waals surface area contributed by atoms with E-state index in [0.29, 0.717) is 5.92 Å². The van der Waals surface area contributed by atoms with Crippen molar-refractivity contribution >= 4 is 38.6 Å². The van der Waals surface area contributed by atoms with E-state index in [1.165, 1.54) is 125 Å². The van der Waals surface area contributed by atoms with E-state index in [1.807, 2.05) is 0 Å². The minimum Gasteiger partial charge on any atom is -0.310 e. The van der Waals surface area contributed by atoms with Crippen LogP contribution in [0.3, 0.4) is 0 Å². The third-order valence-corrected chi connectivity index (χ3v) is 15.5. The Kier molecular flexibility index (Phi) is 7.42. The summed E-state index contributed by atoms with van der Waals surface area (Å²) in [6, 6.07) is 71.5. The van der Waals surface area contributed by atoms with Crippen molar-refractivity contribution in [3.63, 3.8) is 0 Å². The van der Waals surface area contributed by atoms with Gasteiger partial charge >= 0.3 is 0 Å². The second kappa shape index (κ2) is 12.9. The maximum Gasteiger partial charge on any atom is 0.0540 e. The Morgan fingerprint density at radius 2 is 1.10 bits per heavy atom. The molecule has 3 unspecified atom stereocenters. The summed E-state index contributed by atoms with van der Waals surface area (Å²) in [5, 5.41) is 5.12. The number of nitrogens with zero attached hydrogens (tertiary/aromatic N) is 1. The fourth-order valence-electron chi connectivity index (χ4n) is 13.0. The van der Waals surface area contributed by atoms with E-state index in [0.717, 1.165) is 5.92 Å². The Morgan fingerprint density at radius 3 is 1.95 bits per heavy atom. The summed E-state index contributed by atoms with van der Waals surface area (Å²) in [6.45, 7) is 4.80. The standard InChI is InChI=1S/C60H47N/c1-59(2)54-25-8-5-19-50(54)53-24-12-21-45(58(53)59)40-15-11-16-42(35-40)61(43-31-33-51-49-18-6-9-26-55(49)60(56(51)36-43)37-38-28-30-41(60)34-38)57-27-10-7-20-52(57)47-23-13-22-46-44-17-4-3-14-39(44)29-32-48(46)47/h3-27,29,31-33,35-36,38,41H,28,30,34,37H2,1-2H3. The fourth-order valence-corrected chi connectivity index (χ4v) is 13.0. The number of anilines is 3. The summed E-state index contributed by atoms with van der Waals surface area (Å²) in [6.07, 6.45) is 5.32. The van der Waals surface area contributed by atoms with Gasteiger partial charge in [0.25, 0.3) is 0 Å². The van der Waals surface area contributed by atoms with Crippen LogP contribution in [-0.4, -0.2) is 0 Å². The van der Waals surface area contributed by atoms with Gasteiger partial charge in [0.1, 0.15) is 0 Å².